The first kappa shape index (κ1) is 35.2. The van der Waals surface area contributed by atoms with Crippen molar-refractivity contribution in [2.75, 3.05) is 0 Å². The Balaban J connectivity index is -0.0000000693. The fourth-order valence-electron chi connectivity index (χ4n) is 0.498. The fraction of sp³-hybridized carbons (Fsp3) is 0.167. The van der Waals surface area contributed by atoms with Crippen LogP contribution in [-0.2, 0) is 20.0 Å². The van der Waals surface area contributed by atoms with Gasteiger partial charge in [0.1, 0.15) is 0 Å². The number of allylic oxidation sites excluding steroid dienone is 6. The molecule has 0 unspecified atom stereocenters. The van der Waals surface area contributed by atoms with Gasteiger partial charge in [0.15, 0.2) is 0 Å². The molecule has 23 heavy (non-hydrogen) atoms. The van der Waals surface area contributed by atoms with Crippen LogP contribution in [0.1, 0.15) is 13.8 Å². The molecule has 0 fully saturated rings. The number of hydrogen-bond acceptors (Lipinski definition) is 6. The third-order valence-corrected chi connectivity index (χ3v) is 1.08. The molecule has 0 aromatic rings. The smallest absolute Gasteiger partial charge is 0.759 e. The zero-order chi connectivity index (χ0) is 17.3. The number of carboxylic acid groups (broad SMARTS) is 2. The van der Waals surface area contributed by atoms with Crippen molar-refractivity contribution in [3.05, 3.63) is 48.6 Å². The summed E-state index contributed by atoms with van der Waals surface area (Å²) >= 11 is 0. The molecular weight excluding hydrogens is 382 g/mol. The first-order chi connectivity index (χ1) is 9.54. The number of carbonyl (C=O) groups is 2. The van der Waals surface area contributed by atoms with Gasteiger partial charge in [-0.05, 0) is 13.8 Å². The van der Waals surface area contributed by atoms with E-state index in [1.807, 2.05) is 13.8 Å². The van der Waals surface area contributed by atoms with E-state index >= 15 is 0 Å². The van der Waals surface area contributed by atoms with E-state index in [0.29, 0.717) is 0 Å². The van der Waals surface area contributed by atoms with Gasteiger partial charge in [-0.15, -0.1) is 0 Å². The SMILES string of the molecule is CC=CC=CC(=O)O.CC=CC=CC(=O)O.O=S(=O)([O-])[O-].[K+].[K+]. The van der Waals surface area contributed by atoms with Gasteiger partial charge in [-0.3, -0.25) is 8.42 Å². The molecule has 0 aromatic heterocycles. The third-order valence-electron chi connectivity index (χ3n) is 1.08. The predicted molar refractivity (Wildman–Crippen MR) is 73.7 cm³/mol. The molecule has 8 nitrogen and oxygen atoms in total. The van der Waals surface area contributed by atoms with Gasteiger partial charge < -0.3 is 19.3 Å². The van der Waals surface area contributed by atoms with Crippen LogP contribution in [0.25, 0.3) is 0 Å². The molecule has 0 aromatic carbocycles. The molecule has 0 rings (SSSR count). The molecule has 0 amide bonds. The van der Waals surface area contributed by atoms with Crippen molar-refractivity contribution in [1.82, 2.24) is 0 Å². The van der Waals surface area contributed by atoms with Crippen molar-refractivity contribution in [1.29, 1.82) is 0 Å². The van der Waals surface area contributed by atoms with Crippen LogP contribution in [0.4, 0.5) is 0 Å². The summed E-state index contributed by atoms with van der Waals surface area (Å²) in [7, 11) is -5.17. The van der Waals surface area contributed by atoms with Crippen molar-refractivity contribution >= 4 is 22.3 Å². The van der Waals surface area contributed by atoms with E-state index < -0.39 is 22.3 Å². The normalized spacial score (nSPS) is 10.3. The van der Waals surface area contributed by atoms with Gasteiger partial charge in [-0.25, -0.2) is 9.59 Å². The van der Waals surface area contributed by atoms with E-state index in [1.54, 1.807) is 24.3 Å². The summed E-state index contributed by atoms with van der Waals surface area (Å²) in [6.07, 6.45) is 12.0. The second-order valence-corrected chi connectivity index (χ2v) is 3.67. The summed E-state index contributed by atoms with van der Waals surface area (Å²) in [5, 5.41) is 16.0. The van der Waals surface area contributed by atoms with Gasteiger partial charge in [0.25, 0.3) is 0 Å². The van der Waals surface area contributed by atoms with E-state index in [9.17, 15) is 9.59 Å². The zero-order valence-electron chi connectivity index (χ0n) is 13.4. The summed E-state index contributed by atoms with van der Waals surface area (Å²) in [5.41, 5.74) is 0. The first-order valence-electron chi connectivity index (χ1n) is 5.25. The number of rotatable bonds is 4. The minimum absolute atomic E-state index is 0. The van der Waals surface area contributed by atoms with E-state index in [-0.39, 0.29) is 103 Å². The molecule has 0 aliphatic carbocycles. The number of aliphatic carboxylic acids is 2. The standard InChI is InChI=1S/2C6H8O2.2K.H2O4S/c2*1-2-3-4-5-6(7)8;;;1-5(2,3)4/h2*2-5H,1H3,(H,7,8);;;(H2,1,2,3,4)/q;;2*+1;/p-2. The fourth-order valence-corrected chi connectivity index (χ4v) is 0.498. The molecule has 0 bridgehead atoms. The van der Waals surface area contributed by atoms with Gasteiger partial charge >= 0.3 is 115 Å². The van der Waals surface area contributed by atoms with Gasteiger partial charge in [0.05, 0.1) is 0 Å². The van der Waals surface area contributed by atoms with Crippen LogP contribution in [0.5, 0.6) is 0 Å². The van der Waals surface area contributed by atoms with Crippen molar-refractivity contribution in [2.45, 2.75) is 13.8 Å². The maximum atomic E-state index is 9.75. The average molecular weight is 399 g/mol. The molecule has 0 aliphatic rings. The molecular formula is C12H16K2O8S. The summed E-state index contributed by atoms with van der Waals surface area (Å²) in [4.78, 5) is 19.5. The van der Waals surface area contributed by atoms with E-state index in [0.717, 1.165) is 12.2 Å². The van der Waals surface area contributed by atoms with Gasteiger partial charge in [0, 0.05) is 22.6 Å². The summed E-state index contributed by atoms with van der Waals surface area (Å²) in [6.45, 7) is 3.65. The van der Waals surface area contributed by atoms with Gasteiger partial charge in [-0.2, -0.15) is 0 Å². The van der Waals surface area contributed by atoms with Crippen molar-refractivity contribution < 1.29 is 140 Å². The summed E-state index contributed by atoms with van der Waals surface area (Å²) < 4.78 is 34.1. The topological polar surface area (TPSA) is 155 Å². The largest absolute Gasteiger partial charge is 1.00 e. The van der Waals surface area contributed by atoms with Crippen molar-refractivity contribution in [3.63, 3.8) is 0 Å². The molecule has 0 aliphatic heterocycles. The second-order valence-electron chi connectivity index (χ2n) is 2.85. The van der Waals surface area contributed by atoms with Crippen molar-refractivity contribution in [3.8, 4) is 0 Å². The molecule has 0 heterocycles. The molecule has 2 N–H and O–H groups in total. The van der Waals surface area contributed by atoms with Crippen LogP contribution >= 0.6 is 0 Å². The van der Waals surface area contributed by atoms with Gasteiger partial charge in [0.2, 0.25) is 0 Å². The molecule has 0 saturated heterocycles. The maximum Gasteiger partial charge on any atom is 1.00 e. The molecule has 0 saturated carbocycles. The number of hydrogen-bond donors (Lipinski definition) is 2. The van der Waals surface area contributed by atoms with E-state index in [1.165, 1.54) is 12.2 Å². The monoisotopic (exact) mass is 398 g/mol. The van der Waals surface area contributed by atoms with Crippen LogP contribution in [0, 0.1) is 0 Å². The zero-order valence-corrected chi connectivity index (χ0v) is 20.4. The Labute approximate surface area is 220 Å². The van der Waals surface area contributed by atoms with E-state index in [2.05, 4.69) is 0 Å². The Kier molecular flexibility index (Phi) is 38.7. The maximum absolute atomic E-state index is 9.75. The Hall–Kier alpha value is 1.04. The molecule has 0 spiro atoms. The third kappa shape index (κ3) is 83.7. The quantitative estimate of drug-likeness (QED) is 0.157. The van der Waals surface area contributed by atoms with Crippen LogP contribution in [-0.4, -0.2) is 39.7 Å². The van der Waals surface area contributed by atoms with Crippen molar-refractivity contribution in [2.24, 2.45) is 0 Å². The van der Waals surface area contributed by atoms with Crippen LogP contribution in [0.3, 0.4) is 0 Å². The van der Waals surface area contributed by atoms with Crippen LogP contribution < -0.4 is 103 Å². The van der Waals surface area contributed by atoms with Crippen LogP contribution in [0.15, 0.2) is 48.6 Å². The molecule has 0 radical (unpaired) electrons. The number of carboxylic acids is 2. The Bertz CT molecular complexity index is 467. The first-order valence-corrected chi connectivity index (χ1v) is 6.59. The minimum Gasteiger partial charge on any atom is -0.759 e. The summed E-state index contributed by atoms with van der Waals surface area (Å²) in [5.74, 6) is -1.83. The molecule has 0 atom stereocenters. The van der Waals surface area contributed by atoms with Crippen LogP contribution in [0.2, 0.25) is 0 Å². The predicted octanol–water partition coefficient (Wildman–Crippen LogP) is -4.92. The average Bonchev–Trinajstić information content (AvgIpc) is 2.27. The minimum atomic E-state index is -5.17. The Morgan fingerprint density at radius 3 is 1.13 bits per heavy atom. The Morgan fingerprint density at radius 2 is 1.00 bits per heavy atom. The molecule has 120 valence electrons. The Morgan fingerprint density at radius 1 is 0.783 bits per heavy atom. The summed E-state index contributed by atoms with van der Waals surface area (Å²) in [6, 6.07) is 0. The molecule has 11 heteroatoms. The van der Waals surface area contributed by atoms with E-state index in [4.69, 9.17) is 27.7 Å². The second kappa shape index (κ2) is 25.3. The van der Waals surface area contributed by atoms with Gasteiger partial charge in [-0.1, -0.05) is 36.5 Å².